The van der Waals surface area contributed by atoms with E-state index in [4.69, 9.17) is 11.6 Å². The van der Waals surface area contributed by atoms with Crippen LogP contribution in [-0.2, 0) is 6.42 Å². The summed E-state index contributed by atoms with van der Waals surface area (Å²) < 4.78 is 1.61. The highest BCUT2D eigenvalue weighted by atomic mass is 35.5. The van der Waals surface area contributed by atoms with Crippen molar-refractivity contribution in [2.24, 2.45) is 0 Å². The molecule has 0 aliphatic heterocycles. The Morgan fingerprint density at radius 1 is 0.958 bits per heavy atom. The quantitative estimate of drug-likeness (QED) is 0.617. The third-order valence-electron chi connectivity index (χ3n) is 3.58. The molecule has 0 radical (unpaired) electrons. The van der Waals surface area contributed by atoms with E-state index in [9.17, 15) is 0 Å². The van der Waals surface area contributed by atoms with E-state index in [0.29, 0.717) is 17.4 Å². The van der Waals surface area contributed by atoms with Crippen LogP contribution >= 0.6 is 11.6 Å². The zero-order chi connectivity index (χ0) is 16.4. The van der Waals surface area contributed by atoms with E-state index in [1.807, 2.05) is 36.4 Å². The number of rotatable bonds is 4. The Morgan fingerprint density at radius 2 is 1.75 bits per heavy atom. The van der Waals surface area contributed by atoms with Crippen molar-refractivity contribution in [3.05, 3.63) is 77.3 Å². The second-order valence-corrected chi connectivity index (χ2v) is 5.66. The van der Waals surface area contributed by atoms with Crippen molar-refractivity contribution in [1.82, 2.24) is 24.8 Å². The number of nitrogens with one attached hydrogen (secondary N) is 1. The minimum absolute atomic E-state index is 0.522. The summed E-state index contributed by atoms with van der Waals surface area (Å²) in [6.45, 7) is 0. The molecular formula is C17H13ClN6. The van der Waals surface area contributed by atoms with Gasteiger partial charge in [-0.2, -0.15) is 10.2 Å². The van der Waals surface area contributed by atoms with Crippen LogP contribution in [0.25, 0.3) is 5.52 Å². The van der Waals surface area contributed by atoms with Crippen LogP contribution in [0.2, 0.25) is 5.02 Å². The topological polar surface area (TPSA) is 68.0 Å². The molecule has 0 aliphatic carbocycles. The van der Waals surface area contributed by atoms with Crippen molar-refractivity contribution in [1.29, 1.82) is 0 Å². The van der Waals surface area contributed by atoms with Gasteiger partial charge in [0.25, 0.3) is 0 Å². The van der Waals surface area contributed by atoms with Crippen LogP contribution in [0.3, 0.4) is 0 Å². The molecule has 118 valence electrons. The molecule has 3 aromatic heterocycles. The molecule has 0 unspecified atom stereocenters. The van der Waals surface area contributed by atoms with Gasteiger partial charge >= 0.3 is 0 Å². The largest absolute Gasteiger partial charge is 0.321 e. The van der Waals surface area contributed by atoms with Gasteiger partial charge in [0, 0.05) is 30.0 Å². The van der Waals surface area contributed by atoms with E-state index in [2.05, 4.69) is 25.5 Å². The van der Waals surface area contributed by atoms with Crippen molar-refractivity contribution < 1.29 is 0 Å². The molecule has 1 aromatic carbocycles. The van der Waals surface area contributed by atoms with E-state index in [0.717, 1.165) is 22.5 Å². The van der Waals surface area contributed by atoms with Gasteiger partial charge in [-0.1, -0.05) is 23.7 Å². The first-order valence-electron chi connectivity index (χ1n) is 7.41. The van der Waals surface area contributed by atoms with Crippen LogP contribution in [0.1, 0.15) is 11.3 Å². The summed E-state index contributed by atoms with van der Waals surface area (Å²) >= 11 is 5.96. The van der Waals surface area contributed by atoms with E-state index in [1.165, 1.54) is 0 Å². The molecule has 0 amide bonds. The van der Waals surface area contributed by atoms with Crippen LogP contribution in [0.15, 0.2) is 61.1 Å². The highest BCUT2D eigenvalue weighted by molar-refractivity contribution is 6.30. The van der Waals surface area contributed by atoms with Crippen molar-refractivity contribution in [3.63, 3.8) is 0 Å². The molecule has 24 heavy (non-hydrogen) atoms. The fourth-order valence-corrected chi connectivity index (χ4v) is 2.60. The average molecular weight is 337 g/mol. The van der Waals surface area contributed by atoms with Gasteiger partial charge in [0.05, 0.1) is 11.4 Å². The molecule has 0 fully saturated rings. The highest BCUT2D eigenvalue weighted by Crippen LogP contribution is 2.26. The molecule has 6 nitrogen and oxygen atoms in total. The lowest BCUT2D eigenvalue weighted by molar-refractivity contribution is 0.779. The Morgan fingerprint density at radius 3 is 2.54 bits per heavy atom. The molecule has 3 heterocycles. The summed E-state index contributed by atoms with van der Waals surface area (Å²) in [5, 5.41) is 12.8. The molecule has 0 saturated heterocycles. The summed E-state index contributed by atoms with van der Waals surface area (Å²) in [4.78, 5) is 8.45. The Hall–Kier alpha value is -2.99. The molecule has 4 aromatic rings. The minimum atomic E-state index is 0.522. The summed E-state index contributed by atoms with van der Waals surface area (Å²) in [6, 6.07) is 13.3. The predicted molar refractivity (Wildman–Crippen MR) is 92.6 cm³/mol. The number of benzene rings is 1. The Kier molecular flexibility index (Phi) is 3.80. The first-order chi connectivity index (χ1) is 11.8. The fraction of sp³-hybridized carbons (Fsp3) is 0.0588. The summed E-state index contributed by atoms with van der Waals surface area (Å²) in [6.07, 6.45) is 5.74. The number of nitrogens with zero attached hydrogens (tertiary/aromatic N) is 5. The number of fused-ring (bicyclic) bond motifs is 1. The SMILES string of the molecule is Clc1ccc(Cc2nn3ncccc3c2Nc2ncccn2)cc1. The Bertz CT molecular complexity index is 965. The Balaban J connectivity index is 1.76. The number of aromatic nitrogens is 5. The lowest BCUT2D eigenvalue weighted by Crippen LogP contribution is -1.99. The number of halogens is 1. The molecule has 0 aliphatic rings. The molecule has 0 saturated carbocycles. The van der Waals surface area contributed by atoms with Crippen LogP contribution < -0.4 is 5.32 Å². The molecule has 7 heteroatoms. The van der Waals surface area contributed by atoms with Gasteiger partial charge in [0.2, 0.25) is 5.95 Å². The number of anilines is 2. The van der Waals surface area contributed by atoms with Gasteiger partial charge in [-0.05, 0) is 35.9 Å². The monoisotopic (exact) mass is 336 g/mol. The van der Waals surface area contributed by atoms with E-state index >= 15 is 0 Å². The van der Waals surface area contributed by atoms with Crippen LogP contribution in [-0.4, -0.2) is 24.8 Å². The molecular weight excluding hydrogens is 324 g/mol. The highest BCUT2D eigenvalue weighted by Gasteiger charge is 2.15. The van der Waals surface area contributed by atoms with Crippen molar-refractivity contribution in [2.75, 3.05) is 5.32 Å². The van der Waals surface area contributed by atoms with Crippen LogP contribution in [0.4, 0.5) is 11.6 Å². The predicted octanol–water partition coefficient (Wildman–Crippen LogP) is 3.51. The maximum atomic E-state index is 5.96. The summed E-state index contributed by atoms with van der Waals surface area (Å²) in [7, 11) is 0. The maximum absolute atomic E-state index is 5.96. The average Bonchev–Trinajstić information content (AvgIpc) is 2.95. The van der Waals surface area contributed by atoms with Gasteiger partial charge in [0.15, 0.2) is 0 Å². The lowest BCUT2D eigenvalue weighted by atomic mass is 10.1. The van der Waals surface area contributed by atoms with E-state index < -0.39 is 0 Å². The van der Waals surface area contributed by atoms with Crippen molar-refractivity contribution >= 4 is 28.8 Å². The van der Waals surface area contributed by atoms with Crippen molar-refractivity contribution in [2.45, 2.75) is 6.42 Å². The molecule has 0 bridgehead atoms. The second kappa shape index (κ2) is 6.25. The molecule has 0 atom stereocenters. The van der Waals surface area contributed by atoms with Crippen LogP contribution in [0, 0.1) is 0 Å². The van der Waals surface area contributed by atoms with Gasteiger partial charge < -0.3 is 5.32 Å². The maximum Gasteiger partial charge on any atom is 0.227 e. The molecule has 0 spiro atoms. The van der Waals surface area contributed by atoms with Gasteiger partial charge in [0.1, 0.15) is 5.52 Å². The van der Waals surface area contributed by atoms with Gasteiger partial charge in [-0.3, -0.25) is 0 Å². The minimum Gasteiger partial charge on any atom is -0.321 e. The zero-order valence-electron chi connectivity index (χ0n) is 12.6. The van der Waals surface area contributed by atoms with E-state index in [1.54, 1.807) is 29.3 Å². The van der Waals surface area contributed by atoms with Gasteiger partial charge in [-0.15, -0.1) is 4.63 Å². The third kappa shape index (κ3) is 2.91. The van der Waals surface area contributed by atoms with E-state index in [-0.39, 0.29) is 0 Å². The fourth-order valence-electron chi connectivity index (χ4n) is 2.47. The molecule has 4 rings (SSSR count). The summed E-state index contributed by atoms with van der Waals surface area (Å²) in [5.41, 5.74) is 3.70. The number of hydrogen-bond acceptors (Lipinski definition) is 5. The van der Waals surface area contributed by atoms with Gasteiger partial charge in [-0.25, -0.2) is 9.97 Å². The normalized spacial score (nSPS) is 10.9. The standard InChI is InChI=1S/C17H13ClN6/c18-13-6-4-12(5-7-13)11-14-16(22-17-19-8-2-9-20-17)15-3-1-10-21-24(15)23-14/h1-10H,11H2,(H,19,20,22). The third-order valence-corrected chi connectivity index (χ3v) is 3.83. The Labute approximate surface area is 143 Å². The zero-order valence-corrected chi connectivity index (χ0v) is 13.4. The van der Waals surface area contributed by atoms with Crippen molar-refractivity contribution in [3.8, 4) is 0 Å². The number of hydrogen-bond donors (Lipinski definition) is 1. The first-order valence-corrected chi connectivity index (χ1v) is 7.79. The smallest absolute Gasteiger partial charge is 0.227 e. The lowest BCUT2D eigenvalue weighted by Gasteiger charge is -2.05. The summed E-state index contributed by atoms with van der Waals surface area (Å²) in [5.74, 6) is 0.522. The second-order valence-electron chi connectivity index (χ2n) is 5.22. The van der Waals surface area contributed by atoms with Crippen LogP contribution in [0.5, 0.6) is 0 Å². The first kappa shape index (κ1) is 14.6. The molecule has 1 N–H and O–H groups in total.